The number of halogens is 1. The lowest BCUT2D eigenvalue weighted by Gasteiger charge is -2.20. The van der Waals surface area contributed by atoms with Gasteiger partial charge in [-0.1, -0.05) is 67.1 Å². The van der Waals surface area contributed by atoms with E-state index in [1.165, 1.54) is 5.56 Å². The fourth-order valence-electron chi connectivity index (χ4n) is 3.87. The first-order chi connectivity index (χ1) is 16.8. The maximum atomic E-state index is 13.2. The zero-order chi connectivity index (χ0) is 25.2. The van der Waals surface area contributed by atoms with Crippen LogP contribution in [-0.4, -0.2) is 22.7 Å². The lowest BCUT2D eigenvalue weighted by Crippen LogP contribution is -2.39. The Morgan fingerprint density at radius 2 is 1.69 bits per heavy atom. The van der Waals surface area contributed by atoms with Gasteiger partial charge in [0.2, 0.25) is 5.91 Å². The van der Waals surface area contributed by atoms with E-state index in [0.29, 0.717) is 30.4 Å². The van der Waals surface area contributed by atoms with Crippen LogP contribution in [0.2, 0.25) is 5.02 Å². The number of ketones is 1. The van der Waals surface area contributed by atoms with Crippen LogP contribution in [0.4, 0.5) is 5.82 Å². The zero-order valence-electron chi connectivity index (χ0n) is 20.3. The number of benzene rings is 2. The van der Waals surface area contributed by atoms with Crippen molar-refractivity contribution in [3.8, 4) is 0 Å². The molecule has 1 amide bonds. The van der Waals surface area contributed by atoms with Crippen LogP contribution in [0, 0.1) is 12.8 Å². The smallest absolute Gasteiger partial charge is 0.223 e. The third kappa shape index (κ3) is 8.50. The van der Waals surface area contributed by atoms with Crippen LogP contribution in [0.15, 0.2) is 66.7 Å². The van der Waals surface area contributed by atoms with Gasteiger partial charge in [-0.3, -0.25) is 9.59 Å². The number of pyridine rings is 1. The first-order valence-corrected chi connectivity index (χ1v) is 12.2. The van der Waals surface area contributed by atoms with Crippen LogP contribution in [0.3, 0.4) is 0 Å². The van der Waals surface area contributed by atoms with E-state index >= 15 is 0 Å². The first kappa shape index (κ1) is 26.4. The molecule has 0 spiro atoms. The highest BCUT2D eigenvalue weighted by Crippen LogP contribution is 2.14. The van der Waals surface area contributed by atoms with E-state index < -0.39 is 5.92 Å². The SMILES string of the molecule is Cc1nc(N)ccc1CNC(=O)[C@H](C)CC(=O)[C@@H](CCc1ccccc1)NCc1ccc(Cl)cc1. The van der Waals surface area contributed by atoms with Gasteiger partial charge in [0.15, 0.2) is 5.78 Å². The fourth-order valence-corrected chi connectivity index (χ4v) is 3.99. The van der Waals surface area contributed by atoms with Crippen molar-refractivity contribution in [1.29, 1.82) is 0 Å². The second-order valence-electron chi connectivity index (χ2n) is 8.85. The minimum Gasteiger partial charge on any atom is -0.384 e. The largest absolute Gasteiger partial charge is 0.384 e. The molecule has 0 saturated heterocycles. The van der Waals surface area contributed by atoms with Gasteiger partial charge in [0, 0.05) is 36.1 Å². The number of nitrogen functional groups attached to an aromatic ring is 1. The average Bonchev–Trinajstić information content (AvgIpc) is 2.85. The summed E-state index contributed by atoms with van der Waals surface area (Å²) in [5, 5.41) is 6.99. The summed E-state index contributed by atoms with van der Waals surface area (Å²) in [7, 11) is 0. The van der Waals surface area contributed by atoms with E-state index in [0.717, 1.165) is 23.2 Å². The molecule has 0 bridgehead atoms. The molecule has 7 heteroatoms. The van der Waals surface area contributed by atoms with Gasteiger partial charge in [0.05, 0.1) is 6.04 Å². The number of Topliss-reactive ketones (excluding diaryl/α,β-unsaturated/α-hetero) is 1. The Bertz CT molecular complexity index is 1120. The van der Waals surface area contributed by atoms with Crippen LogP contribution in [0.25, 0.3) is 0 Å². The lowest BCUT2D eigenvalue weighted by atomic mass is 9.95. The van der Waals surface area contributed by atoms with Crippen molar-refractivity contribution in [3.63, 3.8) is 0 Å². The van der Waals surface area contributed by atoms with Gasteiger partial charge in [0.1, 0.15) is 5.82 Å². The minimum absolute atomic E-state index is 0.0304. The fraction of sp³-hybridized carbons (Fsp3) is 0.321. The molecule has 0 aliphatic rings. The van der Waals surface area contributed by atoms with E-state index in [1.54, 1.807) is 13.0 Å². The quantitative estimate of drug-likeness (QED) is 0.342. The Labute approximate surface area is 212 Å². The second kappa shape index (κ2) is 13.0. The van der Waals surface area contributed by atoms with Crippen molar-refractivity contribution in [2.75, 3.05) is 5.73 Å². The predicted molar refractivity (Wildman–Crippen MR) is 141 cm³/mol. The van der Waals surface area contributed by atoms with Gasteiger partial charge in [0.25, 0.3) is 0 Å². The van der Waals surface area contributed by atoms with Crippen molar-refractivity contribution in [1.82, 2.24) is 15.6 Å². The van der Waals surface area contributed by atoms with E-state index in [1.807, 2.05) is 55.5 Å². The normalized spacial score (nSPS) is 12.7. The van der Waals surface area contributed by atoms with Crippen LogP contribution < -0.4 is 16.4 Å². The molecule has 35 heavy (non-hydrogen) atoms. The molecule has 0 fully saturated rings. The average molecular weight is 493 g/mol. The molecule has 1 heterocycles. The third-order valence-electron chi connectivity index (χ3n) is 6.04. The summed E-state index contributed by atoms with van der Waals surface area (Å²) in [6, 6.07) is 20.9. The van der Waals surface area contributed by atoms with Crippen molar-refractivity contribution in [2.45, 2.75) is 52.2 Å². The molecular formula is C28H33ClN4O2. The van der Waals surface area contributed by atoms with E-state index in [9.17, 15) is 9.59 Å². The van der Waals surface area contributed by atoms with E-state index in [2.05, 4.69) is 27.8 Å². The Hall–Kier alpha value is -3.22. The number of hydrogen-bond donors (Lipinski definition) is 3. The van der Waals surface area contributed by atoms with Crippen molar-refractivity contribution >= 4 is 29.1 Å². The standard InChI is InChI=1S/C28H33ClN4O2/c1-19(28(35)32-18-23-11-15-27(30)33-20(23)2)16-26(34)25(14-10-21-6-4-3-5-7-21)31-17-22-8-12-24(29)13-9-22/h3-9,11-13,15,19,25,31H,10,14,16-18H2,1-2H3,(H2,30,33)(H,32,35)/t19-,25-/m1/s1. The summed E-state index contributed by atoms with van der Waals surface area (Å²) in [6.45, 7) is 4.54. The maximum absolute atomic E-state index is 13.2. The Balaban J connectivity index is 1.58. The molecule has 3 rings (SSSR count). The third-order valence-corrected chi connectivity index (χ3v) is 6.30. The second-order valence-corrected chi connectivity index (χ2v) is 9.29. The number of nitrogens with two attached hydrogens (primary N) is 1. The summed E-state index contributed by atoms with van der Waals surface area (Å²) in [5.41, 5.74) is 9.60. The van der Waals surface area contributed by atoms with Gasteiger partial charge < -0.3 is 16.4 Å². The van der Waals surface area contributed by atoms with Gasteiger partial charge in [-0.2, -0.15) is 0 Å². The summed E-state index contributed by atoms with van der Waals surface area (Å²) in [6.07, 6.45) is 1.59. The topological polar surface area (TPSA) is 97.1 Å². The van der Waals surface area contributed by atoms with Crippen LogP contribution in [0.5, 0.6) is 0 Å². The zero-order valence-corrected chi connectivity index (χ0v) is 21.0. The molecule has 0 unspecified atom stereocenters. The van der Waals surface area contributed by atoms with E-state index in [4.69, 9.17) is 17.3 Å². The molecule has 184 valence electrons. The Kier molecular flexibility index (Phi) is 9.82. The molecule has 0 aliphatic carbocycles. The molecule has 4 N–H and O–H groups in total. The lowest BCUT2D eigenvalue weighted by molar-refractivity contribution is -0.129. The number of hydrogen-bond acceptors (Lipinski definition) is 5. The number of aryl methyl sites for hydroxylation is 2. The first-order valence-electron chi connectivity index (χ1n) is 11.9. The molecule has 6 nitrogen and oxygen atoms in total. The maximum Gasteiger partial charge on any atom is 0.223 e. The summed E-state index contributed by atoms with van der Waals surface area (Å²) in [4.78, 5) is 30.2. The van der Waals surface area contributed by atoms with Crippen LogP contribution in [-0.2, 0) is 29.1 Å². The van der Waals surface area contributed by atoms with Gasteiger partial charge in [-0.15, -0.1) is 0 Å². The molecule has 3 aromatic rings. The number of carbonyl (C=O) groups is 2. The number of amides is 1. The molecule has 0 aliphatic heterocycles. The number of rotatable bonds is 12. The van der Waals surface area contributed by atoms with E-state index in [-0.39, 0.29) is 24.2 Å². The predicted octanol–water partition coefficient (Wildman–Crippen LogP) is 4.63. The number of anilines is 1. The number of nitrogens with zero attached hydrogens (tertiary/aromatic N) is 1. The molecule has 1 aromatic heterocycles. The molecule has 2 atom stereocenters. The summed E-state index contributed by atoms with van der Waals surface area (Å²) >= 11 is 5.99. The van der Waals surface area contributed by atoms with Gasteiger partial charge in [-0.05, 0) is 54.7 Å². The van der Waals surface area contributed by atoms with Crippen LogP contribution in [0.1, 0.15) is 42.1 Å². The summed E-state index contributed by atoms with van der Waals surface area (Å²) in [5.74, 6) is -0.123. The summed E-state index contributed by atoms with van der Waals surface area (Å²) < 4.78 is 0. The Morgan fingerprint density at radius 3 is 2.37 bits per heavy atom. The van der Waals surface area contributed by atoms with Gasteiger partial charge >= 0.3 is 0 Å². The Morgan fingerprint density at radius 1 is 0.971 bits per heavy atom. The molecule has 2 aromatic carbocycles. The molecule has 0 saturated carbocycles. The highest BCUT2D eigenvalue weighted by molar-refractivity contribution is 6.30. The number of nitrogens with one attached hydrogen (secondary N) is 2. The van der Waals surface area contributed by atoms with Crippen molar-refractivity contribution in [2.24, 2.45) is 5.92 Å². The molecular weight excluding hydrogens is 460 g/mol. The van der Waals surface area contributed by atoms with Gasteiger partial charge in [-0.25, -0.2) is 4.98 Å². The molecule has 0 radical (unpaired) electrons. The highest BCUT2D eigenvalue weighted by Gasteiger charge is 2.23. The number of carbonyl (C=O) groups excluding carboxylic acids is 2. The van der Waals surface area contributed by atoms with Crippen molar-refractivity contribution < 1.29 is 9.59 Å². The highest BCUT2D eigenvalue weighted by atomic mass is 35.5. The monoisotopic (exact) mass is 492 g/mol. The minimum atomic E-state index is -0.443. The van der Waals surface area contributed by atoms with Crippen LogP contribution >= 0.6 is 11.6 Å². The number of aromatic nitrogens is 1. The van der Waals surface area contributed by atoms with Crippen molar-refractivity contribution in [3.05, 3.63) is 94.1 Å².